The molecule has 2 heteroatoms. The van der Waals surface area contributed by atoms with Crippen LogP contribution < -0.4 is 4.74 Å². The Morgan fingerprint density at radius 1 is 1.25 bits per heavy atom. The fourth-order valence-corrected chi connectivity index (χ4v) is 5.48. The van der Waals surface area contributed by atoms with Crippen LogP contribution in [0.5, 0.6) is 5.75 Å². The number of nitrogens with zero attached hydrogens (tertiary/aromatic N) is 1. The normalized spacial score (nSPS) is 33.9. The molecule has 4 atom stereocenters. The maximum absolute atomic E-state index is 5.95. The van der Waals surface area contributed by atoms with E-state index in [1.807, 2.05) is 0 Å². The lowest BCUT2D eigenvalue weighted by Crippen LogP contribution is -2.39. The minimum atomic E-state index is 0.480. The van der Waals surface area contributed by atoms with Crippen LogP contribution in [0.1, 0.15) is 49.7 Å². The van der Waals surface area contributed by atoms with Crippen molar-refractivity contribution < 1.29 is 4.74 Å². The van der Waals surface area contributed by atoms with Crippen molar-refractivity contribution >= 4 is 0 Å². The summed E-state index contributed by atoms with van der Waals surface area (Å²) in [5, 5.41) is 0. The fraction of sp³-hybridized carbons (Fsp3) is 0.636. The Hall–Kier alpha value is -1.28. The first-order chi connectivity index (χ1) is 11.6. The zero-order valence-electron chi connectivity index (χ0n) is 15.4. The van der Waals surface area contributed by atoms with Gasteiger partial charge in [0.1, 0.15) is 12.4 Å². The van der Waals surface area contributed by atoms with Crippen LogP contribution in [0, 0.1) is 17.3 Å². The molecule has 1 aromatic rings. The average molecular weight is 325 g/mol. The average Bonchev–Trinajstić information content (AvgIpc) is 2.96. The second-order valence-electron chi connectivity index (χ2n) is 8.61. The standard InChI is InChI=1S/C22H31NO/c1-22-11-4-5-21(22)20-8-6-16-15-17(24-14-13-23(2)3)7-9-18(16)19(20)10-12-22/h4,7,9,11,15,19-21H,5-6,8,10,12-14H2,1-3H3/t19-,20-,21+,22+/m1/s1. The number of allylic oxidation sites excluding steroid dienone is 2. The highest BCUT2D eigenvalue weighted by Crippen LogP contribution is 2.58. The summed E-state index contributed by atoms with van der Waals surface area (Å²) in [5.41, 5.74) is 3.65. The van der Waals surface area contributed by atoms with Crippen LogP contribution in [-0.2, 0) is 6.42 Å². The number of rotatable bonds is 4. The van der Waals surface area contributed by atoms with Gasteiger partial charge in [0.15, 0.2) is 0 Å². The van der Waals surface area contributed by atoms with E-state index in [0.717, 1.165) is 36.7 Å². The van der Waals surface area contributed by atoms with Crippen LogP contribution in [0.4, 0.5) is 0 Å². The molecule has 0 amide bonds. The van der Waals surface area contributed by atoms with Gasteiger partial charge in [0.05, 0.1) is 0 Å². The van der Waals surface area contributed by atoms with E-state index in [1.165, 1.54) is 32.1 Å². The van der Waals surface area contributed by atoms with Crippen molar-refractivity contribution in [2.24, 2.45) is 17.3 Å². The number of ether oxygens (including phenoxy) is 1. The minimum Gasteiger partial charge on any atom is -0.492 e. The summed E-state index contributed by atoms with van der Waals surface area (Å²) in [6.45, 7) is 4.23. The Morgan fingerprint density at radius 2 is 2.12 bits per heavy atom. The topological polar surface area (TPSA) is 12.5 Å². The molecule has 4 rings (SSSR count). The van der Waals surface area contributed by atoms with Crippen LogP contribution in [0.15, 0.2) is 30.4 Å². The molecule has 24 heavy (non-hydrogen) atoms. The Morgan fingerprint density at radius 3 is 2.96 bits per heavy atom. The number of likely N-dealkylation sites (N-methyl/N-ethyl adjacent to an activating group) is 1. The van der Waals surface area contributed by atoms with Gasteiger partial charge in [0.2, 0.25) is 0 Å². The summed E-state index contributed by atoms with van der Waals surface area (Å²) in [5.74, 6) is 3.59. The molecular formula is C22H31NO. The van der Waals surface area contributed by atoms with Crippen molar-refractivity contribution in [1.29, 1.82) is 0 Å². The van der Waals surface area contributed by atoms with E-state index in [4.69, 9.17) is 4.74 Å². The molecular weight excluding hydrogens is 294 g/mol. The molecule has 0 heterocycles. The molecule has 2 nitrogen and oxygen atoms in total. The maximum atomic E-state index is 5.95. The Kier molecular flexibility index (Phi) is 4.20. The molecule has 0 spiro atoms. The third-order valence-electron chi connectivity index (χ3n) is 6.83. The van der Waals surface area contributed by atoms with Crippen molar-refractivity contribution in [3.05, 3.63) is 41.5 Å². The van der Waals surface area contributed by atoms with E-state index in [2.05, 4.69) is 56.3 Å². The zero-order valence-corrected chi connectivity index (χ0v) is 15.4. The smallest absolute Gasteiger partial charge is 0.119 e. The number of hydrogen-bond donors (Lipinski definition) is 0. The second-order valence-corrected chi connectivity index (χ2v) is 8.61. The van der Waals surface area contributed by atoms with E-state index >= 15 is 0 Å². The molecule has 130 valence electrons. The van der Waals surface area contributed by atoms with Gasteiger partial charge in [0, 0.05) is 6.54 Å². The number of benzene rings is 1. The molecule has 1 fully saturated rings. The molecule has 0 radical (unpaired) electrons. The van der Waals surface area contributed by atoms with Crippen molar-refractivity contribution in [3.8, 4) is 5.75 Å². The quantitative estimate of drug-likeness (QED) is 0.747. The predicted molar refractivity (Wildman–Crippen MR) is 99.6 cm³/mol. The third-order valence-corrected chi connectivity index (χ3v) is 6.83. The lowest BCUT2D eigenvalue weighted by atomic mass is 9.56. The number of hydrogen-bond acceptors (Lipinski definition) is 2. The fourth-order valence-electron chi connectivity index (χ4n) is 5.48. The van der Waals surface area contributed by atoms with Crippen LogP contribution in [0.3, 0.4) is 0 Å². The SMILES string of the molecule is CN(C)CCOc1ccc2c(c1)CC[C@@H]1[C@@H]2CC[C@]2(C)C=CC[C@@H]12. The molecule has 0 aromatic heterocycles. The van der Waals surface area contributed by atoms with Crippen molar-refractivity contribution in [2.75, 3.05) is 27.2 Å². The molecule has 0 saturated heterocycles. The summed E-state index contributed by atoms with van der Waals surface area (Å²) >= 11 is 0. The summed E-state index contributed by atoms with van der Waals surface area (Å²) < 4.78 is 5.95. The lowest BCUT2D eigenvalue weighted by molar-refractivity contribution is 0.0825. The molecule has 0 unspecified atom stereocenters. The molecule has 0 bridgehead atoms. The predicted octanol–water partition coefficient (Wildman–Crippen LogP) is 4.65. The van der Waals surface area contributed by atoms with Gasteiger partial charge in [-0.05, 0) is 92.6 Å². The van der Waals surface area contributed by atoms with E-state index < -0.39 is 0 Å². The van der Waals surface area contributed by atoms with Crippen LogP contribution in [-0.4, -0.2) is 32.1 Å². The van der Waals surface area contributed by atoms with Gasteiger partial charge in [-0.25, -0.2) is 0 Å². The summed E-state index contributed by atoms with van der Waals surface area (Å²) in [6.07, 6.45) is 11.6. The van der Waals surface area contributed by atoms with E-state index in [9.17, 15) is 0 Å². The Balaban J connectivity index is 1.51. The second kappa shape index (κ2) is 6.22. The highest BCUT2D eigenvalue weighted by Gasteiger charge is 2.48. The largest absolute Gasteiger partial charge is 0.492 e. The third kappa shape index (κ3) is 2.79. The molecule has 0 N–H and O–H groups in total. The number of fused-ring (bicyclic) bond motifs is 5. The zero-order chi connectivity index (χ0) is 16.7. The van der Waals surface area contributed by atoms with Crippen LogP contribution in [0.2, 0.25) is 0 Å². The molecule has 0 aliphatic heterocycles. The van der Waals surface area contributed by atoms with E-state index in [1.54, 1.807) is 11.1 Å². The monoisotopic (exact) mass is 325 g/mol. The van der Waals surface area contributed by atoms with Crippen molar-refractivity contribution in [1.82, 2.24) is 4.90 Å². The number of aryl methyl sites for hydroxylation is 1. The summed E-state index contributed by atoms with van der Waals surface area (Å²) in [6, 6.07) is 6.90. The molecule has 3 aliphatic rings. The van der Waals surface area contributed by atoms with Crippen LogP contribution >= 0.6 is 0 Å². The Bertz CT molecular complexity index is 635. The first kappa shape index (κ1) is 16.2. The molecule has 1 saturated carbocycles. The van der Waals surface area contributed by atoms with Gasteiger partial charge in [-0.1, -0.05) is 25.1 Å². The van der Waals surface area contributed by atoms with Gasteiger partial charge < -0.3 is 9.64 Å². The Labute approximate surface area is 146 Å². The summed E-state index contributed by atoms with van der Waals surface area (Å²) in [7, 11) is 4.18. The van der Waals surface area contributed by atoms with Gasteiger partial charge in [-0.3, -0.25) is 0 Å². The summed E-state index contributed by atoms with van der Waals surface area (Å²) in [4.78, 5) is 2.16. The minimum absolute atomic E-state index is 0.480. The van der Waals surface area contributed by atoms with E-state index in [0.29, 0.717) is 5.41 Å². The first-order valence-electron chi connectivity index (χ1n) is 9.65. The van der Waals surface area contributed by atoms with Crippen molar-refractivity contribution in [2.45, 2.75) is 44.9 Å². The van der Waals surface area contributed by atoms with Gasteiger partial charge in [-0.15, -0.1) is 0 Å². The molecule has 3 aliphatic carbocycles. The lowest BCUT2D eigenvalue weighted by Gasteiger charge is -2.49. The molecule has 1 aromatic carbocycles. The van der Waals surface area contributed by atoms with Crippen LogP contribution in [0.25, 0.3) is 0 Å². The van der Waals surface area contributed by atoms with Crippen molar-refractivity contribution in [3.63, 3.8) is 0 Å². The van der Waals surface area contributed by atoms with E-state index in [-0.39, 0.29) is 0 Å². The first-order valence-corrected chi connectivity index (χ1v) is 9.65. The van der Waals surface area contributed by atoms with Gasteiger partial charge in [0.25, 0.3) is 0 Å². The maximum Gasteiger partial charge on any atom is 0.119 e. The highest BCUT2D eigenvalue weighted by molar-refractivity contribution is 5.41. The van der Waals surface area contributed by atoms with Gasteiger partial charge in [-0.2, -0.15) is 0 Å². The highest BCUT2D eigenvalue weighted by atomic mass is 16.5. The van der Waals surface area contributed by atoms with Gasteiger partial charge >= 0.3 is 0 Å².